The summed E-state index contributed by atoms with van der Waals surface area (Å²) in [6.45, 7) is 0. The van der Waals surface area contributed by atoms with Gasteiger partial charge in [-0.05, 0) is 202 Å². The van der Waals surface area contributed by atoms with Gasteiger partial charge in [0.25, 0.3) is 0 Å². The average molecular weight is 1230 g/mol. The smallest absolute Gasteiger partial charge is 0.0622 e. The van der Waals surface area contributed by atoms with E-state index in [1.807, 2.05) is 0 Å². The molecule has 2 aliphatic carbocycles. The highest BCUT2D eigenvalue weighted by molar-refractivity contribution is 6.04. The molecular weight excluding hydrogens is 1170 g/mol. The van der Waals surface area contributed by atoms with E-state index in [9.17, 15) is 0 Å². The lowest BCUT2D eigenvalue weighted by molar-refractivity contribution is 0.795. The maximum atomic E-state index is 2.59. The maximum absolute atomic E-state index is 2.59. The highest BCUT2D eigenvalue weighted by Gasteiger charge is 2.52. The molecule has 2 aliphatic rings. The first-order valence-electron chi connectivity index (χ1n) is 33.7. The number of hydrogen-bond donors (Lipinski definition) is 0. The van der Waals surface area contributed by atoms with Crippen LogP contribution >= 0.6 is 0 Å². The largest absolute Gasteiger partial charge is 0.0726 e. The Morgan fingerprint density at radius 3 is 0.464 bits per heavy atom. The van der Waals surface area contributed by atoms with Gasteiger partial charge >= 0.3 is 0 Å². The predicted molar refractivity (Wildman–Crippen MR) is 408 cm³/mol. The number of hydrogen-bond acceptors (Lipinski definition) is 0. The molecule has 0 unspecified atom stereocenters. The van der Waals surface area contributed by atoms with Gasteiger partial charge in [-0.1, -0.05) is 364 Å². The van der Waals surface area contributed by atoms with Crippen LogP contribution in [0.5, 0.6) is 0 Å². The summed E-state index contributed by atoms with van der Waals surface area (Å²) in [7, 11) is 0. The van der Waals surface area contributed by atoms with Gasteiger partial charge < -0.3 is 0 Å². The summed E-state index contributed by atoms with van der Waals surface area (Å²) in [6.07, 6.45) is 0. The summed E-state index contributed by atoms with van der Waals surface area (Å²) in [5, 5.41) is 0. The van der Waals surface area contributed by atoms with Crippen molar-refractivity contribution in [3.8, 4) is 156 Å². The fourth-order valence-corrected chi connectivity index (χ4v) is 16.2. The van der Waals surface area contributed by atoms with Crippen LogP contribution in [0.15, 0.2) is 388 Å². The lowest BCUT2D eigenvalue weighted by Crippen LogP contribution is -2.26. The quantitative estimate of drug-likeness (QED) is 0.114. The van der Waals surface area contributed by atoms with E-state index in [0.29, 0.717) is 0 Å². The van der Waals surface area contributed by atoms with Crippen LogP contribution in [0.2, 0.25) is 0 Å². The average Bonchev–Trinajstić information content (AvgIpc) is 1.51. The molecule has 16 aromatic carbocycles. The second-order valence-corrected chi connectivity index (χ2v) is 25.6. The topological polar surface area (TPSA) is 0 Å². The minimum Gasteiger partial charge on any atom is -0.0622 e. The van der Waals surface area contributed by atoms with E-state index in [2.05, 4.69) is 388 Å². The van der Waals surface area contributed by atoms with Crippen LogP contribution in [-0.2, 0) is 5.41 Å². The second-order valence-electron chi connectivity index (χ2n) is 25.6. The first kappa shape index (κ1) is 57.2. The first-order valence-corrected chi connectivity index (χ1v) is 33.7. The Morgan fingerprint density at radius 1 is 0.113 bits per heavy atom. The second kappa shape index (κ2) is 24.1. The van der Waals surface area contributed by atoms with Crippen molar-refractivity contribution < 1.29 is 0 Å². The number of benzene rings is 16. The molecule has 0 heterocycles. The molecule has 0 aliphatic heterocycles. The first-order chi connectivity index (χ1) is 48.2. The van der Waals surface area contributed by atoms with Gasteiger partial charge in [-0.3, -0.25) is 0 Å². The van der Waals surface area contributed by atoms with Gasteiger partial charge in [-0.2, -0.15) is 0 Å². The summed E-state index contributed by atoms with van der Waals surface area (Å²) in [5.74, 6) is 0. The molecule has 0 nitrogen and oxygen atoms in total. The van der Waals surface area contributed by atoms with Crippen molar-refractivity contribution in [1.82, 2.24) is 0 Å². The SMILES string of the molecule is c1ccc(-c2cccc(-c3ccc4c(c3)C3(c5cc(-c6cccc(-c7ccccc7)c6-c6ccccc6)ccc5-4)c4cc(-c5cccc(-c6ccccc6)c5-c5ccccc5)ccc4-c4ccc(-c5cccc(-c6ccccc6)c5-c5ccccc5)cc43)c2-c2ccccc2)cc1. The fourth-order valence-electron chi connectivity index (χ4n) is 16.2. The van der Waals surface area contributed by atoms with Crippen molar-refractivity contribution in [1.29, 1.82) is 0 Å². The molecule has 0 saturated heterocycles. The Labute approximate surface area is 568 Å². The van der Waals surface area contributed by atoms with Crippen LogP contribution in [0.25, 0.3) is 156 Å². The van der Waals surface area contributed by atoms with E-state index < -0.39 is 5.41 Å². The monoisotopic (exact) mass is 1230 g/mol. The fraction of sp³-hybridized carbons (Fsp3) is 0.0103. The normalized spacial score (nSPS) is 12.2. The molecule has 16 aromatic rings. The standard InChI is InChI=1S/C97H64/c1-9-29-65(30-10-1)77-45-25-49-81(93(77)69-37-17-5-18-38-69)73-53-57-85-86-58-54-74(82-50-26-46-78(66-31-11-2-12-32-66)94(82)70-39-19-6-20-40-70)62-90(86)97(89(85)61-73)91-63-75(83-51-27-47-79(67-33-13-3-14-34-67)95(83)71-41-21-7-22-42-71)55-59-87(91)88-60-56-76(64-92(88)97)84-52-28-48-80(68-35-15-4-16-36-68)96(84)72-43-23-8-24-44-72/h1-64H. The van der Waals surface area contributed by atoms with Crippen LogP contribution in [0.1, 0.15) is 22.3 Å². The minimum atomic E-state index is -0.852. The van der Waals surface area contributed by atoms with Crippen LogP contribution < -0.4 is 0 Å². The van der Waals surface area contributed by atoms with Crippen LogP contribution in [0, 0.1) is 0 Å². The molecule has 1 spiro atoms. The van der Waals surface area contributed by atoms with Crippen molar-refractivity contribution >= 4 is 0 Å². The Kier molecular flexibility index (Phi) is 14.2. The zero-order valence-electron chi connectivity index (χ0n) is 53.5. The van der Waals surface area contributed by atoms with Gasteiger partial charge in [-0.25, -0.2) is 0 Å². The molecule has 0 bridgehead atoms. The third kappa shape index (κ3) is 9.67. The molecule has 0 radical (unpaired) electrons. The Bertz CT molecular complexity index is 4910. The zero-order valence-corrected chi connectivity index (χ0v) is 53.5. The molecule has 0 fully saturated rings. The third-order valence-electron chi connectivity index (χ3n) is 20.4. The van der Waals surface area contributed by atoms with Crippen molar-refractivity contribution in [3.05, 3.63) is 411 Å². The lowest BCUT2D eigenvalue weighted by Gasteiger charge is -2.32. The van der Waals surface area contributed by atoms with Crippen molar-refractivity contribution in [3.63, 3.8) is 0 Å². The number of rotatable bonds is 12. The molecule has 97 heavy (non-hydrogen) atoms. The molecule has 0 aromatic heterocycles. The van der Waals surface area contributed by atoms with E-state index in [1.165, 1.54) is 156 Å². The van der Waals surface area contributed by atoms with Crippen molar-refractivity contribution in [2.45, 2.75) is 5.41 Å². The summed E-state index contributed by atoms with van der Waals surface area (Å²) < 4.78 is 0. The highest BCUT2D eigenvalue weighted by Crippen LogP contribution is 2.65. The van der Waals surface area contributed by atoms with E-state index in [0.717, 1.165) is 22.3 Å². The maximum Gasteiger partial charge on any atom is 0.0726 e. The van der Waals surface area contributed by atoms with Crippen molar-refractivity contribution in [2.24, 2.45) is 0 Å². The Hall–Kier alpha value is -12.5. The van der Waals surface area contributed by atoms with Gasteiger partial charge in [0.15, 0.2) is 0 Å². The molecule has 0 N–H and O–H groups in total. The van der Waals surface area contributed by atoms with Gasteiger partial charge in [0.2, 0.25) is 0 Å². The van der Waals surface area contributed by atoms with Gasteiger partial charge in [0, 0.05) is 0 Å². The van der Waals surface area contributed by atoms with Gasteiger partial charge in [-0.15, -0.1) is 0 Å². The zero-order chi connectivity index (χ0) is 64.2. The third-order valence-corrected chi connectivity index (χ3v) is 20.4. The van der Waals surface area contributed by atoms with E-state index >= 15 is 0 Å². The van der Waals surface area contributed by atoms with E-state index in [1.54, 1.807) is 0 Å². The molecule has 452 valence electrons. The molecule has 18 rings (SSSR count). The predicted octanol–water partition coefficient (Wildman–Crippen LogP) is 26.0. The summed E-state index contributed by atoms with van der Waals surface area (Å²) in [4.78, 5) is 0. The van der Waals surface area contributed by atoms with E-state index in [4.69, 9.17) is 0 Å². The molecule has 0 saturated carbocycles. The molecular formula is C97H64. The lowest BCUT2D eigenvalue weighted by atomic mass is 9.68. The Morgan fingerprint density at radius 2 is 0.278 bits per heavy atom. The summed E-state index contributed by atoms with van der Waals surface area (Å²) in [5.41, 5.74) is 37.6. The molecule has 0 heteroatoms. The number of fused-ring (bicyclic) bond motifs is 10. The van der Waals surface area contributed by atoms with Crippen molar-refractivity contribution in [2.75, 3.05) is 0 Å². The van der Waals surface area contributed by atoms with Gasteiger partial charge in [0.1, 0.15) is 0 Å². The minimum absolute atomic E-state index is 0.852. The summed E-state index contributed by atoms with van der Waals surface area (Å²) >= 11 is 0. The van der Waals surface area contributed by atoms with Crippen LogP contribution in [-0.4, -0.2) is 0 Å². The molecule has 0 amide bonds. The highest BCUT2D eigenvalue weighted by atomic mass is 14.5. The summed E-state index contributed by atoms with van der Waals surface area (Å²) in [6, 6.07) is 145. The van der Waals surface area contributed by atoms with Crippen LogP contribution in [0.3, 0.4) is 0 Å². The Balaban J connectivity index is 0.966. The molecule has 0 atom stereocenters. The van der Waals surface area contributed by atoms with E-state index in [-0.39, 0.29) is 0 Å². The van der Waals surface area contributed by atoms with Gasteiger partial charge in [0.05, 0.1) is 5.41 Å². The van der Waals surface area contributed by atoms with Crippen LogP contribution in [0.4, 0.5) is 0 Å².